The fourth-order valence-corrected chi connectivity index (χ4v) is 5.60. The third-order valence-electron chi connectivity index (χ3n) is 6.09. The molecule has 1 aliphatic rings. The molecule has 1 N–H and O–H groups in total. The van der Waals surface area contributed by atoms with E-state index in [-0.39, 0.29) is 23.3 Å². The van der Waals surface area contributed by atoms with Crippen molar-refractivity contribution >= 4 is 21.6 Å². The predicted molar refractivity (Wildman–Crippen MR) is 123 cm³/mol. The molecule has 7 heteroatoms. The first-order valence-electron chi connectivity index (χ1n) is 10.7. The third kappa shape index (κ3) is 4.93. The average Bonchev–Trinajstić information content (AvgIpc) is 2.76. The molecule has 6 nitrogen and oxygen atoms in total. The largest absolute Gasteiger partial charge is 0.495 e. The van der Waals surface area contributed by atoms with Gasteiger partial charge in [-0.3, -0.25) is 4.79 Å². The summed E-state index contributed by atoms with van der Waals surface area (Å²) in [5.74, 6) is -0.0251. The number of nitrogens with one attached hydrogen (secondary N) is 1. The van der Waals surface area contributed by atoms with Crippen molar-refractivity contribution in [1.82, 2.24) is 4.31 Å². The minimum Gasteiger partial charge on any atom is -0.495 e. The SMILES string of the molecule is COc1ccc(C(C)C)cc1S(=O)(=O)N1CCC[C@@H](C(=O)Nc2cccc(C)c2C)C1. The Morgan fingerprint density at radius 1 is 1.19 bits per heavy atom. The molecule has 0 saturated carbocycles. The minimum atomic E-state index is -3.79. The maximum absolute atomic E-state index is 13.5. The van der Waals surface area contributed by atoms with Gasteiger partial charge in [0.25, 0.3) is 0 Å². The molecular formula is C24H32N2O4S. The van der Waals surface area contributed by atoms with Gasteiger partial charge in [0, 0.05) is 18.8 Å². The number of amides is 1. The average molecular weight is 445 g/mol. The van der Waals surface area contributed by atoms with Gasteiger partial charge >= 0.3 is 0 Å². The van der Waals surface area contributed by atoms with Crippen molar-refractivity contribution < 1.29 is 17.9 Å². The first-order chi connectivity index (χ1) is 14.6. The second-order valence-corrected chi connectivity index (χ2v) is 10.4. The van der Waals surface area contributed by atoms with E-state index in [2.05, 4.69) is 5.32 Å². The van der Waals surface area contributed by atoms with E-state index in [1.54, 1.807) is 12.1 Å². The number of carbonyl (C=O) groups excluding carboxylic acids is 1. The molecule has 0 unspecified atom stereocenters. The molecule has 0 radical (unpaired) electrons. The molecule has 1 fully saturated rings. The summed E-state index contributed by atoms with van der Waals surface area (Å²) in [5.41, 5.74) is 3.83. The highest BCUT2D eigenvalue weighted by Crippen LogP contribution is 2.32. The molecule has 3 rings (SSSR count). The van der Waals surface area contributed by atoms with Crippen molar-refractivity contribution in [1.29, 1.82) is 0 Å². The lowest BCUT2D eigenvalue weighted by molar-refractivity contribution is -0.120. The summed E-state index contributed by atoms with van der Waals surface area (Å²) >= 11 is 0. The summed E-state index contributed by atoms with van der Waals surface area (Å²) in [4.78, 5) is 13.1. The normalized spacial score (nSPS) is 17.5. The van der Waals surface area contributed by atoms with E-state index in [0.717, 1.165) is 22.4 Å². The van der Waals surface area contributed by atoms with Crippen molar-refractivity contribution in [2.45, 2.75) is 51.3 Å². The number of hydrogen-bond acceptors (Lipinski definition) is 4. The number of methoxy groups -OCH3 is 1. The number of anilines is 1. The molecular weight excluding hydrogens is 412 g/mol. The van der Waals surface area contributed by atoms with Gasteiger partial charge in [-0.1, -0.05) is 32.0 Å². The van der Waals surface area contributed by atoms with E-state index >= 15 is 0 Å². The zero-order chi connectivity index (χ0) is 22.8. The molecule has 1 amide bonds. The molecule has 168 valence electrons. The maximum atomic E-state index is 13.5. The molecule has 0 spiro atoms. The van der Waals surface area contributed by atoms with Crippen LogP contribution in [0.25, 0.3) is 0 Å². The van der Waals surface area contributed by atoms with Crippen LogP contribution in [0.4, 0.5) is 5.69 Å². The Labute approximate surface area is 185 Å². The summed E-state index contributed by atoms with van der Waals surface area (Å²) in [6.07, 6.45) is 1.29. The Kier molecular flexibility index (Phi) is 7.06. The number of carbonyl (C=O) groups is 1. The summed E-state index contributed by atoms with van der Waals surface area (Å²) in [5, 5.41) is 2.99. The van der Waals surface area contributed by atoms with Gasteiger partial charge in [0.15, 0.2) is 0 Å². The third-order valence-corrected chi connectivity index (χ3v) is 7.98. The first-order valence-corrected chi connectivity index (χ1v) is 12.1. The highest BCUT2D eigenvalue weighted by molar-refractivity contribution is 7.89. The smallest absolute Gasteiger partial charge is 0.246 e. The second-order valence-electron chi connectivity index (χ2n) is 8.50. The summed E-state index contributed by atoms with van der Waals surface area (Å²) < 4.78 is 33.7. The number of rotatable bonds is 6. The molecule has 31 heavy (non-hydrogen) atoms. The van der Waals surface area contributed by atoms with Gasteiger partial charge < -0.3 is 10.1 Å². The van der Waals surface area contributed by atoms with Crippen LogP contribution in [0.2, 0.25) is 0 Å². The Morgan fingerprint density at radius 2 is 1.94 bits per heavy atom. The number of ether oxygens (including phenoxy) is 1. The lowest BCUT2D eigenvalue weighted by atomic mass is 9.98. The molecule has 2 aromatic carbocycles. The van der Waals surface area contributed by atoms with Gasteiger partial charge in [-0.25, -0.2) is 8.42 Å². The van der Waals surface area contributed by atoms with Gasteiger partial charge in [-0.15, -0.1) is 0 Å². The second kappa shape index (κ2) is 9.40. The van der Waals surface area contributed by atoms with Gasteiger partial charge in [0.05, 0.1) is 13.0 Å². The number of sulfonamides is 1. The summed E-state index contributed by atoms with van der Waals surface area (Å²) in [7, 11) is -2.31. The predicted octanol–water partition coefficient (Wildman–Crippen LogP) is 4.47. The molecule has 1 aliphatic heterocycles. The molecule has 1 saturated heterocycles. The van der Waals surface area contributed by atoms with Crippen LogP contribution >= 0.6 is 0 Å². The summed E-state index contributed by atoms with van der Waals surface area (Å²) in [6.45, 7) is 8.56. The summed E-state index contributed by atoms with van der Waals surface area (Å²) in [6, 6.07) is 11.1. The first kappa shape index (κ1) is 23.3. The van der Waals surface area contributed by atoms with E-state index in [1.165, 1.54) is 11.4 Å². The van der Waals surface area contributed by atoms with Crippen LogP contribution in [0.1, 0.15) is 49.3 Å². The Balaban J connectivity index is 1.83. The molecule has 0 aromatic heterocycles. The number of piperidine rings is 1. The maximum Gasteiger partial charge on any atom is 0.246 e. The van der Waals surface area contributed by atoms with Crippen molar-refractivity contribution in [2.24, 2.45) is 5.92 Å². The monoisotopic (exact) mass is 444 g/mol. The van der Waals surface area contributed by atoms with E-state index in [1.807, 2.05) is 52.0 Å². The number of benzene rings is 2. The standard InChI is InChI=1S/C24H32N2O4S/c1-16(2)19-11-12-22(30-5)23(14-19)31(28,29)26-13-7-9-20(15-26)24(27)25-21-10-6-8-17(3)18(21)4/h6,8,10-12,14,16,20H,7,9,13,15H2,1-5H3,(H,25,27)/t20-/m1/s1. The molecule has 2 aromatic rings. The van der Waals surface area contributed by atoms with Crippen molar-refractivity contribution in [3.05, 3.63) is 53.1 Å². The highest BCUT2D eigenvalue weighted by Gasteiger charge is 2.35. The number of hydrogen-bond donors (Lipinski definition) is 1. The highest BCUT2D eigenvalue weighted by atomic mass is 32.2. The number of aryl methyl sites for hydroxylation is 1. The van der Waals surface area contributed by atoms with E-state index in [4.69, 9.17) is 4.74 Å². The van der Waals surface area contributed by atoms with Crippen LogP contribution in [-0.4, -0.2) is 38.8 Å². The van der Waals surface area contributed by atoms with E-state index in [0.29, 0.717) is 25.1 Å². The van der Waals surface area contributed by atoms with Gasteiger partial charge in [-0.05, 0) is 67.5 Å². The van der Waals surface area contributed by atoms with Crippen LogP contribution in [-0.2, 0) is 14.8 Å². The fraction of sp³-hybridized carbons (Fsp3) is 0.458. The van der Waals surface area contributed by atoms with E-state index < -0.39 is 15.9 Å². The van der Waals surface area contributed by atoms with Crippen LogP contribution < -0.4 is 10.1 Å². The Hall–Kier alpha value is -2.38. The van der Waals surface area contributed by atoms with Crippen molar-refractivity contribution in [2.75, 3.05) is 25.5 Å². The Bertz CT molecular complexity index is 1060. The molecule has 1 atom stereocenters. The zero-order valence-electron chi connectivity index (χ0n) is 18.9. The van der Waals surface area contributed by atoms with Crippen molar-refractivity contribution in [3.8, 4) is 5.75 Å². The Morgan fingerprint density at radius 3 is 2.61 bits per heavy atom. The quantitative estimate of drug-likeness (QED) is 0.713. The van der Waals surface area contributed by atoms with Crippen molar-refractivity contribution in [3.63, 3.8) is 0 Å². The lowest BCUT2D eigenvalue weighted by Gasteiger charge is -2.32. The minimum absolute atomic E-state index is 0.142. The topological polar surface area (TPSA) is 75.7 Å². The van der Waals surface area contributed by atoms with Gasteiger partial charge in [0.2, 0.25) is 15.9 Å². The van der Waals surface area contributed by atoms with E-state index in [9.17, 15) is 13.2 Å². The molecule has 0 bridgehead atoms. The zero-order valence-corrected chi connectivity index (χ0v) is 19.8. The van der Waals surface area contributed by atoms with Crippen LogP contribution in [0, 0.1) is 19.8 Å². The van der Waals surface area contributed by atoms with Crippen LogP contribution in [0.15, 0.2) is 41.3 Å². The van der Waals surface area contributed by atoms with Gasteiger partial charge in [0.1, 0.15) is 10.6 Å². The molecule has 0 aliphatic carbocycles. The fourth-order valence-electron chi connectivity index (χ4n) is 3.89. The van der Waals surface area contributed by atoms with Crippen LogP contribution in [0.3, 0.4) is 0 Å². The van der Waals surface area contributed by atoms with Crippen LogP contribution in [0.5, 0.6) is 5.75 Å². The lowest BCUT2D eigenvalue weighted by Crippen LogP contribution is -2.43. The van der Waals surface area contributed by atoms with Gasteiger partial charge in [-0.2, -0.15) is 4.31 Å². The molecule has 1 heterocycles. The number of nitrogens with zero attached hydrogens (tertiary/aromatic N) is 1.